The standard InChI is InChI=1S/C9H9/c1-2-5-9-7-3-6-8(9)4-1/h3-4,6H,1-2,5H2. The van der Waals surface area contributed by atoms with Crippen molar-refractivity contribution in [1.82, 2.24) is 0 Å². The molecule has 0 bridgehead atoms. The summed E-state index contributed by atoms with van der Waals surface area (Å²) in [6.07, 6.45) is 13.5. The Hall–Kier alpha value is -0.780. The minimum atomic E-state index is 1.23. The highest BCUT2D eigenvalue weighted by molar-refractivity contribution is 5.46. The van der Waals surface area contributed by atoms with Gasteiger partial charge in [0.15, 0.2) is 0 Å². The largest absolute Gasteiger partial charge is 0.0770 e. The third-order valence-electron chi connectivity index (χ3n) is 1.86. The summed E-state index contributed by atoms with van der Waals surface area (Å²) >= 11 is 0. The zero-order valence-corrected chi connectivity index (χ0v) is 5.35. The molecule has 0 aromatic carbocycles. The maximum absolute atomic E-state index is 3.23. The van der Waals surface area contributed by atoms with Crippen molar-refractivity contribution >= 4 is 0 Å². The Bertz CT molecular complexity index is 204. The van der Waals surface area contributed by atoms with Gasteiger partial charge in [-0.1, -0.05) is 18.2 Å². The van der Waals surface area contributed by atoms with Crippen molar-refractivity contribution in [2.24, 2.45) is 0 Å². The molecule has 0 saturated carbocycles. The zero-order valence-electron chi connectivity index (χ0n) is 5.35. The molecule has 0 fully saturated rings. The van der Waals surface area contributed by atoms with Crippen LogP contribution in [0.3, 0.4) is 0 Å². The molecule has 0 heterocycles. The van der Waals surface area contributed by atoms with Crippen LogP contribution in [-0.2, 0) is 0 Å². The Morgan fingerprint density at radius 2 is 2.44 bits per heavy atom. The third-order valence-corrected chi connectivity index (χ3v) is 1.86. The van der Waals surface area contributed by atoms with Gasteiger partial charge in [0.2, 0.25) is 0 Å². The second-order valence-corrected chi connectivity index (χ2v) is 2.51. The predicted molar refractivity (Wildman–Crippen MR) is 37.8 cm³/mol. The molecule has 0 aromatic heterocycles. The first-order chi connectivity index (χ1) is 4.47. The molecule has 2 aliphatic carbocycles. The lowest BCUT2D eigenvalue weighted by Crippen LogP contribution is -1.90. The van der Waals surface area contributed by atoms with E-state index in [9.17, 15) is 0 Å². The van der Waals surface area contributed by atoms with Gasteiger partial charge in [-0.05, 0) is 36.5 Å². The fraction of sp³-hybridized carbons (Fsp3) is 0.333. The summed E-state index contributed by atoms with van der Waals surface area (Å²) in [6, 6.07) is 0. The van der Waals surface area contributed by atoms with Crippen LogP contribution < -0.4 is 0 Å². The molecule has 1 radical (unpaired) electrons. The van der Waals surface area contributed by atoms with E-state index in [2.05, 4.69) is 18.2 Å². The molecule has 0 amide bonds. The van der Waals surface area contributed by atoms with Gasteiger partial charge in [0.05, 0.1) is 0 Å². The quantitative estimate of drug-likeness (QED) is 0.457. The molecule has 0 atom stereocenters. The number of rotatable bonds is 0. The summed E-state index contributed by atoms with van der Waals surface area (Å²) < 4.78 is 0. The van der Waals surface area contributed by atoms with Crippen LogP contribution in [0, 0.1) is 6.08 Å². The average Bonchev–Trinajstić information content (AvgIpc) is 2.33. The minimum absolute atomic E-state index is 1.23. The van der Waals surface area contributed by atoms with Crippen LogP contribution in [0.2, 0.25) is 0 Å². The summed E-state index contributed by atoms with van der Waals surface area (Å²) in [7, 11) is 0. The van der Waals surface area contributed by atoms with Gasteiger partial charge in [-0.15, -0.1) is 0 Å². The predicted octanol–water partition coefficient (Wildman–Crippen LogP) is 2.40. The second-order valence-electron chi connectivity index (χ2n) is 2.51. The highest BCUT2D eigenvalue weighted by Crippen LogP contribution is 2.27. The Balaban J connectivity index is 2.38. The summed E-state index contributed by atoms with van der Waals surface area (Å²) in [5, 5.41) is 0. The van der Waals surface area contributed by atoms with Gasteiger partial charge in [0.25, 0.3) is 0 Å². The summed E-state index contributed by atoms with van der Waals surface area (Å²) in [5.74, 6) is 0. The average molecular weight is 117 g/mol. The molecular weight excluding hydrogens is 108 g/mol. The molecule has 0 saturated heterocycles. The van der Waals surface area contributed by atoms with E-state index < -0.39 is 0 Å². The first-order valence-electron chi connectivity index (χ1n) is 3.46. The molecule has 45 valence electrons. The summed E-state index contributed by atoms with van der Waals surface area (Å²) in [5.41, 5.74) is 2.84. The van der Waals surface area contributed by atoms with E-state index in [4.69, 9.17) is 0 Å². The Kier molecular flexibility index (Phi) is 1.05. The number of fused-ring (bicyclic) bond motifs is 1. The minimum Gasteiger partial charge on any atom is -0.0770 e. The smallest absolute Gasteiger partial charge is 0.0143 e. The number of hydrogen-bond acceptors (Lipinski definition) is 0. The van der Waals surface area contributed by atoms with Crippen LogP contribution in [0.25, 0.3) is 0 Å². The van der Waals surface area contributed by atoms with E-state index in [0.717, 1.165) is 0 Å². The Morgan fingerprint density at radius 3 is 3.33 bits per heavy atom. The summed E-state index contributed by atoms with van der Waals surface area (Å²) in [4.78, 5) is 0. The van der Waals surface area contributed by atoms with Crippen molar-refractivity contribution in [2.45, 2.75) is 19.3 Å². The zero-order chi connectivity index (χ0) is 6.10. The lowest BCUT2D eigenvalue weighted by atomic mass is 9.96. The molecule has 0 N–H and O–H groups in total. The second kappa shape index (κ2) is 1.87. The van der Waals surface area contributed by atoms with Crippen molar-refractivity contribution in [3.63, 3.8) is 0 Å². The monoisotopic (exact) mass is 117 g/mol. The number of hydrogen-bond donors (Lipinski definition) is 0. The molecule has 0 aromatic rings. The van der Waals surface area contributed by atoms with Crippen molar-refractivity contribution in [2.75, 3.05) is 0 Å². The van der Waals surface area contributed by atoms with Crippen molar-refractivity contribution in [3.05, 3.63) is 35.5 Å². The van der Waals surface area contributed by atoms with Gasteiger partial charge in [-0.3, -0.25) is 0 Å². The van der Waals surface area contributed by atoms with E-state index in [-0.39, 0.29) is 0 Å². The van der Waals surface area contributed by atoms with Gasteiger partial charge < -0.3 is 0 Å². The van der Waals surface area contributed by atoms with Crippen LogP contribution in [-0.4, -0.2) is 0 Å². The first kappa shape index (κ1) is 5.04. The van der Waals surface area contributed by atoms with E-state index in [0.29, 0.717) is 0 Å². The van der Waals surface area contributed by atoms with E-state index in [1.807, 2.05) is 6.08 Å². The molecule has 0 aliphatic heterocycles. The third kappa shape index (κ3) is 0.748. The molecule has 2 rings (SSSR count). The molecule has 0 heteroatoms. The lowest BCUT2D eigenvalue weighted by Gasteiger charge is -2.08. The van der Waals surface area contributed by atoms with E-state index in [1.165, 1.54) is 30.4 Å². The fourth-order valence-electron chi connectivity index (χ4n) is 1.36. The van der Waals surface area contributed by atoms with Gasteiger partial charge in [-0.2, -0.15) is 0 Å². The van der Waals surface area contributed by atoms with Crippen LogP contribution in [0.1, 0.15) is 19.3 Å². The highest BCUT2D eigenvalue weighted by Gasteiger charge is 2.09. The van der Waals surface area contributed by atoms with Gasteiger partial charge in [-0.25, -0.2) is 0 Å². The van der Waals surface area contributed by atoms with E-state index >= 15 is 0 Å². The first-order valence-corrected chi connectivity index (χ1v) is 3.46. The van der Waals surface area contributed by atoms with Gasteiger partial charge in [0.1, 0.15) is 0 Å². The highest BCUT2D eigenvalue weighted by atomic mass is 14.1. The molecule has 0 nitrogen and oxygen atoms in total. The van der Waals surface area contributed by atoms with Gasteiger partial charge in [0, 0.05) is 0 Å². The van der Waals surface area contributed by atoms with Crippen molar-refractivity contribution in [1.29, 1.82) is 0 Å². The molecule has 0 unspecified atom stereocenters. The lowest BCUT2D eigenvalue weighted by molar-refractivity contribution is 0.810. The molecule has 9 heavy (non-hydrogen) atoms. The maximum atomic E-state index is 3.23. The Morgan fingerprint density at radius 1 is 1.44 bits per heavy atom. The summed E-state index contributed by atoms with van der Waals surface area (Å²) in [6.45, 7) is 0. The van der Waals surface area contributed by atoms with Crippen molar-refractivity contribution < 1.29 is 0 Å². The van der Waals surface area contributed by atoms with Crippen LogP contribution in [0.4, 0.5) is 0 Å². The Labute approximate surface area is 55.6 Å². The van der Waals surface area contributed by atoms with Crippen LogP contribution >= 0.6 is 0 Å². The van der Waals surface area contributed by atoms with Crippen molar-refractivity contribution in [3.8, 4) is 0 Å². The van der Waals surface area contributed by atoms with Crippen LogP contribution in [0.15, 0.2) is 29.4 Å². The topological polar surface area (TPSA) is 0 Å². The van der Waals surface area contributed by atoms with E-state index in [1.54, 1.807) is 0 Å². The molecular formula is C9H9. The normalized spacial score (nSPS) is 23.1. The maximum Gasteiger partial charge on any atom is -0.0143 e. The van der Waals surface area contributed by atoms with Gasteiger partial charge >= 0.3 is 0 Å². The number of allylic oxidation sites excluding steroid dienone is 6. The SMILES string of the molecule is [C]1=C2CCCC=C2C=C1. The fourth-order valence-corrected chi connectivity index (χ4v) is 1.36. The molecule has 0 spiro atoms. The molecule has 2 aliphatic rings. The van der Waals surface area contributed by atoms with Crippen LogP contribution in [0.5, 0.6) is 0 Å².